The number of anilines is 2. The maximum absolute atomic E-state index is 13.1. The van der Waals surface area contributed by atoms with Crippen LogP contribution in [0.5, 0.6) is 0 Å². The quantitative estimate of drug-likeness (QED) is 0.643. The first-order chi connectivity index (χ1) is 17.0. The number of pyridine rings is 2. The maximum atomic E-state index is 13.1. The van der Waals surface area contributed by atoms with Crippen molar-refractivity contribution < 1.29 is 18.0 Å². The Morgan fingerprint density at radius 3 is 2.44 bits per heavy atom. The van der Waals surface area contributed by atoms with Crippen molar-refractivity contribution in [1.29, 1.82) is 0 Å². The Morgan fingerprint density at radius 1 is 1.08 bits per heavy atom. The normalized spacial score (nSPS) is 21.1. The monoisotopic (exact) mass is 496 g/mol. The summed E-state index contributed by atoms with van der Waals surface area (Å²) >= 11 is 0. The lowest BCUT2D eigenvalue weighted by molar-refractivity contribution is -0.182. The van der Waals surface area contributed by atoms with Crippen molar-refractivity contribution in [3.63, 3.8) is 0 Å². The van der Waals surface area contributed by atoms with E-state index in [1.165, 1.54) is 11.8 Å². The van der Waals surface area contributed by atoms with Gasteiger partial charge in [-0.05, 0) is 50.5 Å². The number of aromatic nitrogens is 2. The molecule has 2 aromatic heterocycles. The smallest absolute Gasteiger partial charge is 0.355 e. The minimum absolute atomic E-state index is 0.00191. The van der Waals surface area contributed by atoms with Crippen LogP contribution in [0, 0.1) is 0 Å². The fraction of sp³-hybridized carbons (Fsp3) is 0.542. The lowest BCUT2D eigenvalue weighted by atomic mass is 9.58. The SMILES string of the molecule is [B]C1([B])CCN(c2cccc(C(=O)Nc3ccncc3)n2)CCN1C1CCN([C@@H](C)C(F)(F)F)CC1. The molecule has 1 atom stereocenters. The van der Waals surface area contributed by atoms with Crippen LogP contribution in [0.2, 0.25) is 0 Å². The van der Waals surface area contributed by atoms with Gasteiger partial charge in [0.05, 0.1) is 15.7 Å². The topological polar surface area (TPSA) is 64.6 Å². The summed E-state index contributed by atoms with van der Waals surface area (Å²) in [6.07, 6.45) is 0.530. The zero-order valence-electron chi connectivity index (χ0n) is 20.3. The lowest BCUT2D eigenvalue weighted by Crippen LogP contribution is -2.59. The Morgan fingerprint density at radius 2 is 1.78 bits per heavy atom. The predicted molar refractivity (Wildman–Crippen MR) is 134 cm³/mol. The van der Waals surface area contributed by atoms with E-state index in [2.05, 4.69) is 15.3 Å². The highest BCUT2D eigenvalue weighted by molar-refractivity contribution is 6.40. The van der Waals surface area contributed by atoms with E-state index in [9.17, 15) is 18.0 Å². The Bertz CT molecular complexity index is 1030. The van der Waals surface area contributed by atoms with Crippen molar-refractivity contribution in [2.75, 3.05) is 42.9 Å². The third-order valence-corrected chi connectivity index (χ3v) is 7.12. The molecule has 0 spiro atoms. The fourth-order valence-electron chi connectivity index (χ4n) is 4.91. The van der Waals surface area contributed by atoms with Gasteiger partial charge in [-0.25, -0.2) is 4.98 Å². The molecule has 4 radical (unpaired) electrons. The van der Waals surface area contributed by atoms with Crippen molar-refractivity contribution in [1.82, 2.24) is 19.8 Å². The summed E-state index contributed by atoms with van der Waals surface area (Å²) < 4.78 is 39.4. The predicted octanol–water partition coefficient (Wildman–Crippen LogP) is 2.65. The molecule has 4 heterocycles. The van der Waals surface area contributed by atoms with E-state index >= 15 is 0 Å². The largest absolute Gasteiger partial charge is 0.403 e. The second-order valence-electron chi connectivity index (χ2n) is 9.48. The zero-order valence-corrected chi connectivity index (χ0v) is 20.3. The molecule has 2 fully saturated rings. The van der Waals surface area contributed by atoms with Crippen molar-refractivity contribution >= 4 is 33.1 Å². The van der Waals surface area contributed by atoms with E-state index in [0.29, 0.717) is 63.5 Å². The number of hydrogen-bond donors (Lipinski definition) is 1. The molecule has 36 heavy (non-hydrogen) atoms. The number of likely N-dealkylation sites (tertiary alicyclic amines) is 1. The molecule has 0 bridgehead atoms. The van der Waals surface area contributed by atoms with Gasteiger partial charge in [-0.2, -0.15) is 13.2 Å². The number of nitrogens with one attached hydrogen (secondary N) is 1. The van der Waals surface area contributed by atoms with Crippen LogP contribution in [0.4, 0.5) is 24.7 Å². The molecule has 4 rings (SSSR count). The number of alkyl halides is 3. The molecular formula is C24H29B2F3N6O. The molecule has 0 aromatic carbocycles. The van der Waals surface area contributed by atoms with Crippen molar-refractivity contribution in [3.8, 4) is 0 Å². The summed E-state index contributed by atoms with van der Waals surface area (Å²) in [5.74, 6) is 0.315. The fourth-order valence-corrected chi connectivity index (χ4v) is 4.91. The maximum Gasteiger partial charge on any atom is 0.403 e. The van der Waals surface area contributed by atoms with Gasteiger partial charge in [0, 0.05) is 56.8 Å². The molecule has 2 aliphatic heterocycles. The number of carbonyl (C=O) groups excluding carboxylic acids is 1. The van der Waals surface area contributed by atoms with Crippen LogP contribution in [0.1, 0.15) is 36.7 Å². The van der Waals surface area contributed by atoms with Crippen LogP contribution < -0.4 is 10.2 Å². The van der Waals surface area contributed by atoms with Gasteiger partial charge in [-0.15, -0.1) is 0 Å². The molecule has 0 unspecified atom stereocenters. The molecule has 188 valence electrons. The molecule has 0 aliphatic carbocycles. The second kappa shape index (κ2) is 10.8. The number of hydrogen-bond acceptors (Lipinski definition) is 6. The number of rotatable bonds is 5. The van der Waals surface area contributed by atoms with Gasteiger partial charge < -0.3 is 15.1 Å². The Hall–Kier alpha value is -2.59. The van der Waals surface area contributed by atoms with Gasteiger partial charge in [-0.3, -0.25) is 14.7 Å². The summed E-state index contributed by atoms with van der Waals surface area (Å²) in [6, 6.07) is 7.20. The second-order valence-corrected chi connectivity index (χ2v) is 9.48. The van der Waals surface area contributed by atoms with Crippen LogP contribution in [0.3, 0.4) is 0 Å². The Kier molecular flexibility index (Phi) is 7.94. The van der Waals surface area contributed by atoms with Gasteiger partial charge in [-0.1, -0.05) is 11.4 Å². The van der Waals surface area contributed by atoms with Crippen LogP contribution in [-0.2, 0) is 0 Å². The number of nitrogens with zero attached hydrogens (tertiary/aromatic N) is 5. The highest BCUT2D eigenvalue weighted by Crippen LogP contribution is 2.31. The summed E-state index contributed by atoms with van der Waals surface area (Å²) in [4.78, 5) is 26.7. The van der Waals surface area contributed by atoms with Crippen LogP contribution in [-0.4, -0.2) is 97.7 Å². The van der Waals surface area contributed by atoms with Gasteiger partial charge in [0.15, 0.2) is 0 Å². The van der Waals surface area contributed by atoms with E-state index in [-0.39, 0.29) is 17.6 Å². The Labute approximate surface area is 212 Å². The average molecular weight is 496 g/mol. The van der Waals surface area contributed by atoms with E-state index < -0.39 is 17.6 Å². The van der Waals surface area contributed by atoms with Crippen LogP contribution >= 0.6 is 0 Å². The molecule has 2 aliphatic rings. The molecule has 0 saturated carbocycles. The number of piperidine rings is 1. The van der Waals surface area contributed by atoms with Gasteiger partial charge >= 0.3 is 6.18 Å². The van der Waals surface area contributed by atoms with Gasteiger partial charge in [0.2, 0.25) is 0 Å². The van der Waals surface area contributed by atoms with Gasteiger partial charge in [0.25, 0.3) is 5.91 Å². The average Bonchev–Trinajstić information content (AvgIpc) is 3.01. The molecule has 2 saturated heterocycles. The van der Waals surface area contributed by atoms with E-state index in [1.54, 1.807) is 36.7 Å². The standard InChI is InChI=1S/C24H29B2F3N6O/c1-17(24(27,28)29)33-12-7-19(8-13-33)35-16-15-34(14-9-23(35,25)26)21-4-2-3-20(32-21)22(36)31-18-5-10-30-11-6-18/h2-6,10-11,17,19H,7-9,12-16H2,1H3,(H,30,31,36)/t17-/m0/s1. The molecule has 1 N–H and O–H groups in total. The number of amides is 1. The van der Waals surface area contributed by atoms with E-state index in [4.69, 9.17) is 15.7 Å². The highest BCUT2D eigenvalue weighted by atomic mass is 19.4. The van der Waals surface area contributed by atoms with Crippen LogP contribution in [0.15, 0.2) is 42.7 Å². The first-order valence-corrected chi connectivity index (χ1v) is 12.1. The zero-order chi connectivity index (χ0) is 25.9. The van der Waals surface area contributed by atoms with Crippen molar-refractivity contribution in [3.05, 3.63) is 48.4 Å². The highest BCUT2D eigenvalue weighted by Gasteiger charge is 2.43. The molecule has 2 aromatic rings. The minimum Gasteiger partial charge on any atom is -0.355 e. The van der Waals surface area contributed by atoms with Crippen molar-refractivity contribution in [2.45, 2.75) is 49.8 Å². The lowest BCUT2D eigenvalue weighted by Gasteiger charge is -2.47. The van der Waals surface area contributed by atoms with Crippen LogP contribution in [0.25, 0.3) is 0 Å². The van der Waals surface area contributed by atoms with Crippen molar-refractivity contribution in [2.24, 2.45) is 0 Å². The number of carbonyl (C=O) groups is 1. The summed E-state index contributed by atoms with van der Waals surface area (Å²) in [7, 11) is 13.0. The van der Waals surface area contributed by atoms with E-state index in [0.717, 1.165) is 0 Å². The third kappa shape index (κ3) is 6.21. The summed E-state index contributed by atoms with van der Waals surface area (Å²) in [6.45, 7) is 3.56. The summed E-state index contributed by atoms with van der Waals surface area (Å²) in [5.41, 5.74) is 0.905. The number of halogens is 3. The Balaban J connectivity index is 1.40. The molecule has 12 heteroatoms. The first kappa shape index (κ1) is 26.5. The van der Waals surface area contributed by atoms with E-state index in [1.807, 2.05) is 15.9 Å². The molecule has 7 nitrogen and oxygen atoms in total. The summed E-state index contributed by atoms with van der Waals surface area (Å²) in [5, 5.41) is 1.71. The van der Waals surface area contributed by atoms with Gasteiger partial charge in [0.1, 0.15) is 17.6 Å². The minimum atomic E-state index is -4.24. The first-order valence-electron chi connectivity index (χ1n) is 12.1. The molecule has 1 amide bonds. The third-order valence-electron chi connectivity index (χ3n) is 7.12. The molecular weight excluding hydrogens is 467 g/mol.